The van der Waals surface area contributed by atoms with E-state index in [1.165, 1.54) is 13.2 Å². The molecule has 6 nitrogen and oxygen atoms in total. The molecule has 142 valence electrons. The fourth-order valence-electron chi connectivity index (χ4n) is 2.83. The van der Waals surface area contributed by atoms with Crippen LogP contribution in [0.15, 0.2) is 18.2 Å². The summed E-state index contributed by atoms with van der Waals surface area (Å²) in [5.74, 6) is 0.147. The summed E-state index contributed by atoms with van der Waals surface area (Å²) in [5, 5.41) is 12.1. The van der Waals surface area contributed by atoms with Crippen LogP contribution in [-0.4, -0.2) is 43.7 Å². The van der Waals surface area contributed by atoms with E-state index in [1.54, 1.807) is 31.0 Å². The van der Waals surface area contributed by atoms with E-state index in [2.05, 4.69) is 16.1 Å². The van der Waals surface area contributed by atoms with E-state index in [-0.39, 0.29) is 29.9 Å². The van der Waals surface area contributed by atoms with Gasteiger partial charge in [0.15, 0.2) is 11.5 Å². The van der Waals surface area contributed by atoms with E-state index in [0.29, 0.717) is 6.54 Å². The normalized spacial score (nSPS) is 16.1. The molecule has 1 N–H and O–H groups in total. The Morgan fingerprint density at radius 3 is 2.69 bits per heavy atom. The standard InChI is InChI=1S/C18H23F2N3O3/c1-18(11-21,13-5-6-13)22-16(24)10-23(2)9-12-4-7-14(26-17(19)20)15(8-12)25-3/h4,7-8,13,17H,5-6,9-10H2,1-3H3,(H,22,24)/t18-/m0/s1. The Bertz CT molecular complexity index is 689. The van der Waals surface area contributed by atoms with Crippen LogP contribution in [0.4, 0.5) is 8.78 Å². The summed E-state index contributed by atoms with van der Waals surface area (Å²) >= 11 is 0. The van der Waals surface area contributed by atoms with Gasteiger partial charge in [-0.1, -0.05) is 6.07 Å². The number of methoxy groups -OCH3 is 1. The minimum absolute atomic E-state index is 0.0409. The first-order valence-electron chi connectivity index (χ1n) is 8.30. The van der Waals surface area contributed by atoms with Crippen molar-refractivity contribution in [2.24, 2.45) is 5.92 Å². The largest absolute Gasteiger partial charge is 0.493 e. The molecule has 0 heterocycles. The van der Waals surface area contributed by atoms with Crippen molar-refractivity contribution in [3.05, 3.63) is 23.8 Å². The van der Waals surface area contributed by atoms with Gasteiger partial charge in [-0.15, -0.1) is 0 Å². The smallest absolute Gasteiger partial charge is 0.387 e. The van der Waals surface area contributed by atoms with Crippen LogP contribution in [0.2, 0.25) is 0 Å². The monoisotopic (exact) mass is 367 g/mol. The van der Waals surface area contributed by atoms with Crippen molar-refractivity contribution in [2.75, 3.05) is 20.7 Å². The third kappa shape index (κ3) is 5.30. The van der Waals surface area contributed by atoms with Crippen LogP contribution in [0.25, 0.3) is 0 Å². The number of amides is 1. The van der Waals surface area contributed by atoms with Crippen molar-refractivity contribution in [1.29, 1.82) is 5.26 Å². The van der Waals surface area contributed by atoms with Crippen LogP contribution in [-0.2, 0) is 11.3 Å². The van der Waals surface area contributed by atoms with Crippen molar-refractivity contribution < 1.29 is 23.0 Å². The van der Waals surface area contributed by atoms with Gasteiger partial charge in [0.2, 0.25) is 5.91 Å². The van der Waals surface area contributed by atoms with Gasteiger partial charge in [0, 0.05) is 6.54 Å². The summed E-state index contributed by atoms with van der Waals surface area (Å²) in [4.78, 5) is 14.0. The zero-order chi connectivity index (χ0) is 19.3. The summed E-state index contributed by atoms with van der Waals surface area (Å²) in [6, 6.07) is 6.83. The van der Waals surface area contributed by atoms with E-state index < -0.39 is 12.2 Å². The number of rotatable bonds is 9. The first-order valence-corrected chi connectivity index (χ1v) is 8.30. The zero-order valence-corrected chi connectivity index (χ0v) is 15.1. The number of nitrogens with one attached hydrogen (secondary N) is 1. The first kappa shape index (κ1) is 19.9. The molecule has 0 saturated heterocycles. The van der Waals surface area contributed by atoms with Crippen molar-refractivity contribution in [3.8, 4) is 17.6 Å². The van der Waals surface area contributed by atoms with Crippen LogP contribution in [0.1, 0.15) is 25.3 Å². The predicted molar refractivity (Wildman–Crippen MR) is 90.8 cm³/mol. The highest BCUT2D eigenvalue weighted by Gasteiger charge is 2.43. The quantitative estimate of drug-likeness (QED) is 0.726. The summed E-state index contributed by atoms with van der Waals surface area (Å²) in [6.07, 6.45) is 1.90. The highest BCUT2D eigenvalue weighted by Crippen LogP contribution is 2.39. The molecule has 0 aliphatic heterocycles. The number of nitrogens with zero attached hydrogens (tertiary/aromatic N) is 2. The van der Waals surface area contributed by atoms with Gasteiger partial charge in [-0.25, -0.2) is 0 Å². The Hall–Kier alpha value is -2.40. The zero-order valence-electron chi connectivity index (χ0n) is 15.1. The molecule has 0 aromatic heterocycles. The number of nitriles is 1. The molecule has 1 aliphatic rings. The molecule has 1 aromatic rings. The number of carbonyl (C=O) groups is 1. The highest BCUT2D eigenvalue weighted by molar-refractivity contribution is 5.79. The number of likely N-dealkylation sites (N-methyl/N-ethyl adjacent to an activating group) is 1. The van der Waals surface area contributed by atoms with Gasteiger partial charge in [-0.05, 0) is 50.4 Å². The molecule has 0 unspecified atom stereocenters. The molecular formula is C18H23F2N3O3. The number of hydrogen-bond acceptors (Lipinski definition) is 5. The number of alkyl halides is 2. The van der Waals surface area contributed by atoms with Crippen molar-refractivity contribution in [2.45, 2.75) is 38.5 Å². The van der Waals surface area contributed by atoms with Gasteiger partial charge in [0.25, 0.3) is 0 Å². The fraction of sp³-hybridized carbons (Fsp3) is 0.556. The Balaban J connectivity index is 1.93. The summed E-state index contributed by atoms with van der Waals surface area (Å²) in [7, 11) is 3.13. The van der Waals surface area contributed by atoms with Crippen LogP contribution in [0.3, 0.4) is 0 Å². The van der Waals surface area contributed by atoms with E-state index in [9.17, 15) is 18.8 Å². The SMILES string of the molecule is COc1cc(CN(C)CC(=O)N[C@@](C)(C#N)C2CC2)ccc1OC(F)F. The number of carbonyl (C=O) groups excluding carboxylic acids is 1. The van der Waals surface area contributed by atoms with Gasteiger partial charge in [0.1, 0.15) is 5.54 Å². The lowest BCUT2D eigenvalue weighted by atomic mass is 9.98. The average Bonchev–Trinajstić information content (AvgIpc) is 3.40. The molecule has 0 bridgehead atoms. The Morgan fingerprint density at radius 2 is 2.15 bits per heavy atom. The minimum Gasteiger partial charge on any atom is -0.493 e. The lowest BCUT2D eigenvalue weighted by Crippen LogP contribution is -2.49. The van der Waals surface area contributed by atoms with Gasteiger partial charge in [-0.2, -0.15) is 14.0 Å². The predicted octanol–water partition coefficient (Wildman–Crippen LogP) is 2.54. The number of halogens is 2. The van der Waals surface area contributed by atoms with Gasteiger partial charge in [0.05, 0.1) is 19.7 Å². The van der Waals surface area contributed by atoms with E-state index in [0.717, 1.165) is 18.4 Å². The van der Waals surface area contributed by atoms with E-state index in [4.69, 9.17) is 4.74 Å². The van der Waals surface area contributed by atoms with Crippen LogP contribution in [0.5, 0.6) is 11.5 Å². The molecule has 1 atom stereocenters. The molecule has 1 aliphatic carbocycles. The lowest BCUT2D eigenvalue weighted by Gasteiger charge is -2.25. The molecule has 1 fully saturated rings. The molecule has 0 radical (unpaired) electrons. The summed E-state index contributed by atoms with van der Waals surface area (Å²) in [6.45, 7) is -0.663. The highest BCUT2D eigenvalue weighted by atomic mass is 19.3. The second kappa shape index (κ2) is 8.32. The second-order valence-electron chi connectivity index (χ2n) is 6.67. The van der Waals surface area contributed by atoms with Gasteiger partial charge in [-0.3, -0.25) is 9.69 Å². The molecule has 0 spiro atoms. The summed E-state index contributed by atoms with van der Waals surface area (Å²) < 4.78 is 34.2. The maximum Gasteiger partial charge on any atom is 0.387 e. The number of ether oxygens (including phenoxy) is 2. The van der Waals surface area contributed by atoms with E-state index >= 15 is 0 Å². The summed E-state index contributed by atoms with van der Waals surface area (Å²) in [5.41, 5.74) is -0.0425. The first-order chi connectivity index (χ1) is 12.3. The lowest BCUT2D eigenvalue weighted by molar-refractivity contribution is -0.123. The number of hydrogen-bond donors (Lipinski definition) is 1. The van der Waals surface area contributed by atoms with Gasteiger partial charge < -0.3 is 14.8 Å². The molecule has 1 aromatic carbocycles. The number of benzene rings is 1. The van der Waals surface area contributed by atoms with Crippen LogP contribution >= 0.6 is 0 Å². The molecule has 26 heavy (non-hydrogen) atoms. The van der Waals surface area contributed by atoms with Gasteiger partial charge >= 0.3 is 6.61 Å². The van der Waals surface area contributed by atoms with Crippen LogP contribution < -0.4 is 14.8 Å². The Kier molecular flexibility index (Phi) is 6.37. The maximum atomic E-state index is 12.4. The fourth-order valence-corrected chi connectivity index (χ4v) is 2.83. The van der Waals surface area contributed by atoms with Crippen molar-refractivity contribution in [1.82, 2.24) is 10.2 Å². The molecule has 1 saturated carbocycles. The molecular weight excluding hydrogens is 344 g/mol. The van der Waals surface area contributed by atoms with E-state index in [1.807, 2.05) is 0 Å². The topological polar surface area (TPSA) is 74.6 Å². The van der Waals surface area contributed by atoms with Crippen molar-refractivity contribution in [3.63, 3.8) is 0 Å². The third-order valence-corrected chi connectivity index (χ3v) is 4.34. The van der Waals surface area contributed by atoms with Crippen molar-refractivity contribution >= 4 is 5.91 Å². The Morgan fingerprint density at radius 1 is 1.46 bits per heavy atom. The molecule has 1 amide bonds. The minimum atomic E-state index is -2.93. The molecule has 2 rings (SSSR count). The van der Waals surface area contributed by atoms with Crippen LogP contribution in [0, 0.1) is 17.2 Å². The maximum absolute atomic E-state index is 12.4. The third-order valence-electron chi connectivity index (χ3n) is 4.34. The average molecular weight is 367 g/mol. The molecule has 8 heteroatoms. The second-order valence-corrected chi connectivity index (χ2v) is 6.67. The Labute approximate surface area is 151 Å².